The average molecular weight is 313 g/mol. The van der Waals surface area contributed by atoms with Crippen LogP contribution in [0.2, 0.25) is 0 Å². The van der Waals surface area contributed by atoms with E-state index in [4.69, 9.17) is 0 Å². The van der Waals surface area contributed by atoms with Gasteiger partial charge in [-0.25, -0.2) is 0 Å². The van der Waals surface area contributed by atoms with Crippen molar-refractivity contribution in [3.63, 3.8) is 0 Å². The lowest BCUT2D eigenvalue weighted by atomic mass is 10.2. The summed E-state index contributed by atoms with van der Waals surface area (Å²) in [4.78, 5) is 0. The van der Waals surface area contributed by atoms with Gasteiger partial charge in [-0.1, -0.05) is 12.8 Å². The first kappa shape index (κ1) is 9.57. The Labute approximate surface area is 102 Å². The first-order valence-electron chi connectivity index (χ1n) is 5.33. The van der Waals surface area contributed by atoms with Gasteiger partial charge in [-0.2, -0.15) is 0 Å². The summed E-state index contributed by atoms with van der Waals surface area (Å²) in [6, 6.07) is 4.12. The predicted octanol–water partition coefficient (Wildman–Crippen LogP) is 2.68. The molecule has 2 aromatic heterocycles. The molecule has 1 saturated carbocycles. The van der Waals surface area contributed by atoms with Gasteiger partial charge in [0.25, 0.3) is 0 Å². The maximum Gasteiger partial charge on any atom is 0.174 e. The summed E-state index contributed by atoms with van der Waals surface area (Å²) in [5.74, 6) is 2.07. The lowest BCUT2D eigenvalue weighted by molar-refractivity contribution is 0.691. The topological polar surface area (TPSA) is 30.2 Å². The van der Waals surface area contributed by atoms with E-state index in [2.05, 4.69) is 55.5 Å². The molecule has 3 nitrogen and oxygen atoms in total. The van der Waals surface area contributed by atoms with Gasteiger partial charge in [-0.3, -0.25) is 4.40 Å². The van der Waals surface area contributed by atoms with Gasteiger partial charge in [-0.05, 0) is 47.1 Å². The Morgan fingerprint density at radius 1 is 1.40 bits per heavy atom. The second kappa shape index (κ2) is 3.73. The van der Waals surface area contributed by atoms with Crippen molar-refractivity contribution in [2.24, 2.45) is 5.92 Å². The summed E-state index contributed by atoms with van der Waals surface area (Å²) in [6.07, 6.45) is 7.21. The van der Waals surface area contributed by atoms with E-state index in [1.165, 1.54) is 22.8 Å². The molecule has 1 fully saturated rings. The van der Waals surface area contributed by atoms with Gasteiger partial charge in [-0.15, -0.1) is 10.2 Å². The fourth-order valence-corrected chi connectivity index (χ4v) is 2.42. The summed E-state index contributed by atoms with van der Waals surface area (Å²) in [7, 11) is 0. The van der Waals surface area contributed by atoms with Crippen molar-refractivity contribution >= 4 is 28.2 Å². The Hall–Kier alpha value is -0.650. The van der Waals surface area contributed by atoms with E-state index in [1.54, 1.807) is 0 Å². The van der Waals surface area contributed by atoms with Crippen LogP contribution >= 0.6 is 22.6 Å². The molecule has 0 aromatic carbocycles. The van der Waals surface area contributed by atoms with E-state index in [-0.39, 0.29) is 0 Å². The Morgan fingerprint density at radius 3 is 3.07 bits per heavy atom. The SMILES string of the molecule is Ic1cccn2c(CCC3CC3)nnc12. The fraction of sp³-hybridized carbons (Fsp3) is 0.455. The molecule has 0 spiro atoms. The first-order valence-corrected chi connectivity index (χ1v) is 6.40. The predicted molar refractivity (Wildman–Crippen MR) is 66.7 cm³/mol. The molecule has 4 heteroatoms. The maximum absolute atomic E-state index is 4.26. The number of rotatable bonds is 3. The molecule has 2 heterocycles. The molecule has 78 valence electrons. The van der Waals surface area contributed by atoms with Crippen LogP contribution in [0.1, 0.15) is 25.1 Å². The van der Waals surface area contributed by atoms with Crippen molar-refractivity contribution < 1.29 is 0 Å². The van der Waals surface area contributed by atoms with E-state index in [0.717, 1.165) is 23.8 Å². The zero-order valence-corrected chi connectivity index (χ0v) is 10.5. The Balaban J connectivity index is 1.92. The summed E-state index contributed by atoms with van der Waals surface area (Å²) in [5.41, 5.74) is 0.990. The molecular formula is C11H12IN3. The van der Waals surface area contributed by atoms with Crippen LogP contribution in [-0.2, 0) is 6.42 Å². The second-order valence-electron chi connectivity index (χ2n) is 4.15. The number of pyridine rings is 1. The number of hydrogen-bond acceptors (Lipinski definition) is 2. The van der Waals surface area contributed by atoms with E-state index >= 15 is 0 Å². The molecule has 0 radical (unpaired) electrons. The van der Waals surface area contributed by atoms with Crippen LogP contribution in [0.4, 0.5) is 0 Å². The van der Waals surface area contributed by atoms with E-state index in [0.29, 0.717) is 0 Å². The van der Waals surface area contributed by atoms with E-state index in [9.17, 15) is 0 Å². The summed E-state index contributed by atoms with van der Waals surface area (Å²) in [6.45, 7) is 0. The molecule has 0 N–H and O–H groups in total. The van der Waals surface area contributed by atoms with Crippen LogP contribution in [0.15, 0.2) is 18.3 Å². The molecule has 3 rings (SSSR count). The minimum absolute atomic E-state index is 0.958. The first-order chi connectivity index (χ1) is 7.34. The summed E-state index contributed by atoms with van der Waals surface area (Å²) >= 11 is 2.30. The van der Waals surface area contributed by atoms with Crippen LogP contribution in [0.5, 0.6) is 0 Å². The second-order valence-corrected chi connectivity index (χ2v) is 5.31. The van der Waals surface area contributed by atoms with Crippen molar-refractivity contribution in [3.8, 4) is 0 Å². The zero-order chi connectivity index (χ0) is 10.3. The van der Waals surface area contributed by atoms with Crippen LogP contribution in [0.3, 0.4) is 0 Å². The number of aryl methyl sites for hydroxylation is 1. The largest absolute Gasteiger partial charge is 0.286 e. The minimum Gasteiger partial charge on any atom is -0.286 e. The monoisotopic (exact) mass is 313 g/mol. The third-order valence-electron chi connectivity index (χ3n) is 2.93. The smallest absolute Gasteiger partial charge is 0.174 e. The Bertz CT molecular complexity index is 488. The molecule has 0 unspecified atom stereocenters. The van der Waals surface area contributed by atoms with E-state index < -0.39 is 0 Å². The summed E-state index contributed by atoms with van der Waals surface area (Å²) in [5, 5.41) is 8.49. The number of hydrogen-bond donors (Lipinski definition) is 0. The molecule has 1 aliphatic rings. The van der Waals surface area contributed by atoms with Gasteiger partial charge in [0, 0.05) is 12.6 Å². The summed E-state index contributed by atoms with van der Waals surface area (Å²) < 4.78 is 3.28. The highest BCUT2D eigenvalue weighted by molar-refractivity contribution is 14.1. The minimum atomic E-state index is 0.958. The van der Waals surface area contributed by atoms with Crippen LogP contribution in [0.25, 0.3) is 5.65 Å². The molecule has 0 bridgehead atoms. The highest BCUT2D eigenvalue weighted by atomic mass is 127. The van der Waals surface area contributed by atoms with Crippen molar-refractivity contribution in [1.29, 1.82) is 0 Å². The van der Waals surface area contributed by atoms with Crippen molar-refractivity contribution in [2.75, 3.05) is 0 Å². The van der Waals surface area contributed by atoms with Crippen molar-refractivity contribution in [3.05, 3.63) is 27.7 Å². The Morgan fingerprint density at radius 2 is 2.27 bits per heavy atom. The number of halogens is 1. The molecule has 1 aliphatic carbocycles. The molecule has 0 atom stereocenters. The van der Waals surface area contributed by atoms with Crippen LogP contribution in [-0.4, -0.2) is 14.6 Å². The zero-order valence-electron chi connectivity index (χ0n) is 8.36. The van der Waals surface area contributed by atoms with Gasteiger partial charge in [0.2, 0.25) is 0 Å². The highest BCUT2D eigenvalue weighted by Gasteiger charge is 2.21. The van der Waals surface area contributed by atoms with Gasteiger partial charge >= 0.3 is 0 Å². The molecule has 0 amide bonds. The third-order valence-corrected chi connectivity index (χ3v) is 3.77. The Kier molecular flexibility index (Phi) is 2.38. The molecule has 15 heavy (non-hydrogen) atoms. The van der Waals surface area contributed by atoms with Gasteiger partial charge in [0.15, 0.2) is 5.65 Å². The van der Waals surface area contributed by atoms with Gasteiger partial charge < -0.3 is 0 Å². The normalized spacial score (nSPS) is 16.1. The average Bonchev–Trinajstić information content (AvgIpc) is 2.97. The van der Waals surface area contributed by atoms with Gasteiger partial charge in [0.05, 0.1) is 3.57 Å². The fourth-order valence-electron chi connectivity index (χ4n) is 1.84. The maximum atomic E-state index is 4.26. The standard InChI is InChI=1S/C11H12IN3/c12-9-2-1-7-15-10(13-14-11(9)15)6-5-8-3-4-8/h1-2,7-8H,3-6H2. The van der Waals surface area contributed by atoms with E-state index in [1.807, 2.05) is 0 Å². The number of nitrogens with zero attached hydrogens (tertiary/aromatic N) is 3. The molecule has 2 aromatic rings. The van der Waals surface area contributed by atoms with Crippen LogP contribution < -0.4 is 0 Å². The van der Waals surface area contributed by atoms with Crippen LogP contribution in [0, 0.1) is 9.49 Å². The third kappa shape index (κ3) is 1.87. The number of fused-ring (bicyclic) bond motifs is 1. The van der Waals surface area contributed by atoms with Crippen molar-refractivity contribution in [2.45, 2.75) is 25.7 Å². The van der Waals surface area contributed by atoms with Gasteiger partial charge in [0.1, 0.15) is 5.82 Å². The lowest BCUT2D eigenvalue weighted by Gasteiger charge is -1.99. The molecule has 0 aliphatic heterocycles. The van der Waals surface area contributed by atoms with Crippen molar-refractivity contribution in [1.82, 2.24) is 14.6 Å². The molecular weight excluding hydrogens is 301 g/mol. The molecule has 0 saturated heterocycles. The number of aromatic nitrogens is 3. The quantitative estimate of drug-likeness (QED) is 0.816. The lowest BCUT2D eigenvalue weighted by Crippen LogP contribution is -1.96. The highest BCUT2D eigenvalue weighted by Crippen LogP contribution is 2.33.